The van der Waals surface area contributed by atoms with Crippen molar-refractivity contribution in [1.82, 2.24) is 10.2 Å². The van der Waals surface area contributed by atoms with E-state index in [4.69, 9.17) is 0 Å². The Labute approximate surface area is 97.4 Å². The van der Waals surface area contributed by atoms with Crippen LogP contribution in [-0.2, 0) is 9.59 Å². The molecule has 1 heterocycles. The van der Waals surface area contributed by atoms with Gasteiger partial charge in [-0.3, -0.25) is 9.59 Å². The molecule has 0 aromatic carbocycles. The monoisotopic (exact) mass is 226 g/mol. The molecule has 1 N–H and O–H groups in total. The van der Waals surface area contributed by atoms with Gasteiger partial charge < -0.3 is 10.2 Å². The molecule has 92 valence electrons. The molecule has 0 aromatic rings. The first-order valence-electron chi connectivity index (χ1n) is 5.83. The summed E-state index contributed by atoms with van der Waals surface area (Å²) < 4.78 is 0. The molecule has 0 saturated carbocycles. The van der Waals surface area contributed by atoms with Gasteiger partial charge in [-0.1, -0.05) is 20.8 Å². The van der Waals surface area contributed by atoms with Crippen molar-refractivity contribution in [2.24, 2.45) is 5.41 Å². The third-order valence-electron chi connectivity index (χ3n) is 3.33. The van der Waals surface area contributed by atoms with Gasteiger partial charge in [0.25, 0.3) is 0 Å². The van der Waals surface area contributed by atoms with Gasteiger partial charge in [0.1, 0.15) is 6.04 Å². The Morgan fingerprint density at radius 1 is 1.38 bits per heavy atom. The van der Waals surface area contributed by atoms with Crippen molar-refractivity contribution in [1.29, 1.82) is 0 Å². The van der Waals surface area contributed by atoms with Crippen LogP contribution in [0.15, 0.2) is 0 Å². The fraction of sp³-hybridized carbons (Fsp3) is 0.833. The summed E-state index contributed by atoms with van der Waals surface area (Å²) in [5.74, 6) is -0.0160. The summed E-state index contributed by atoms with van der Waals surface area (Å²) in [6.45, 7) is 10.6. The maximum Gasteiger partial charge on any atom is 0.245 e. The number of hydrogen-bond acceptors (Lipinski definition) is 2. The van der Waals surface area contributed by atoms with E-state index in [0.717, 1.165) is 0 Å². The Balaban J connectivity index is 2.86. The van der Waals surface area contributed by atoms with Crippen LogP contribution in [0.25, 0.3) is 0 Å². The van der Waals surface area contributed by atoms with Gasteiger partial charge in [-0.05, 0) is 19.3 Å². The molecule has 0 aliphatic carbocycles. The van der Waals surface area contributed by atoms with Crippen LogP contribution in [0.3, 0.4) is 0 Å². The maximum absolute atomic E-state index is 12.1. The maximum atomic E-state index is 12.1. The normalized spacial score (nSPS) is 25.1. The van der Waals surface area contributed by atoms with Crippen LogP contribution in [0.5, 0.6) is 0 Å². The van der Waals surface area contributed by atoms with E-state index in [0.29, 0.717) is 13.0 Å². The largest absolute Gasteiger partial charge is 0.345 e. The minimum atomic E-state index is -0.403. The highest BCUT2D eigenvalue weighted by Gasteiger charge is 2.34. The van der Waals surface area contributed by atoms with E-state index < -0.39 is 6.04 Å². The zero-order valence-corrected chi connectivity index (χ0v) is 10.8. The molecule has 0 aromatic heterocycles. The smallest absolute Gasteiger partial charge is 0.245 e. The van der Waals surface area contributed by atoms with Crippen LogP contribution in [0, 0.1) is 5.41 Å². The second kappa shape index (κ2) is 4.44. The highest BCUT2D eigenvalue weighted by atomic mass is 16.2. The topological polar surface area (TPSA) is 49.4 Å². The second-order valence-electron chi connectivity index (χ2n) is 5.61. The third-order valence-corrected chi connectivity index (χ3v) is 3.33. The van der Waals surface area contributed by atoms with E-state index in [1.807, 2.05) is 11.8 Å². The molecule has 1 aliphatic rings. The molecular formula is C12H22N2O2. The lowest BCUT2D eigenvalue weighted by Gasteiger charge is -2.37. The Hall–Kier alpha value is -1.06. The summed E-state index contributed by atoms with van der Waals surface area (Å²) in [4.78, 5) is 25.3. The fourth-order valence-corrected chi connectivity index (χ4v) is 1.81. The van der Waals surface area contributed by atoms with Crippen LogP contribution in [0.1, 0.15) is 41.0 Å². The van der Waals surface area contributed by atoms with Crippen molar-refractivity contribution >= 4 is 11.8 Å². The highest BCUT2D eigenvalue weighted by molar-refractivity contribution is 5.89. The third kappa shape index (κ3) is 2.74. The molecule has 1 rings (SSSR count). The number of nitrogens with one attached hydrogen (secondary N) is 1. The molecule has 16 heavy (non-hydrogen) atoms. The van der Waals surface area contributed by atoms with E-state index >= 15 is 0 Å². The van der Waals surface area contributed by atoms with Gasteiger partial charge in [-0.15, -0.1) is 0 Å². The SMILES string of the molecule is CC1NC(=O)CCN(C(C)C(C)(C)C)C1=O. The van der Waals surface area contributed by atoms with Crippen molar-refractivity contribution in [3.05, 3.63) is 0 Å². The van der Waals surface area contributed by atoms with Crippen molar-refractivity contribution in [3.8, 4) is 0 Å². The Morgan fingerprint density at radius 2 is 1.94 bits per heavy atom. The van der Waals surface area contributed by atoms with Crippen molar-refractivity contribution in [3.63, 3.8) is 0 Å². The number of hydrogen-bond donors (Lipinski definition) is 1. The first-order chi connectivity index (χ1) is 7.23. The summed E-state index contributed by atoms with van der Waals surface area (Å²) in [7, 11) is 0. The lowest BCUT2D eigenvalue weighted by atomic mass is 9.86. The van der Waals surface area contributed by atoms with Gasteiger partial charge in [-0.2, -0.15) is 0 Å². The van der Waals surface area contributed by atoms with Gasteiger partial charge in [0, 0.05) is 19.0 Å². The summed E-state index contributed by atoms with van der Waals surface area (Å²) in [5.41, 5.74) is 0.0305. The van der Waals surface area contributed by atoms with Gasteiger partial charge in [0.05, 0.1) is 0 Å². The van der Waals surface area contributed by atoms with Crippen molar-refractivity contribution in [2.75, 3.05) is 6.54 Å². The van der Waals surface area contributed by atoms with Crippen LogP contribution >= 0.6 is 0 Å². The average Bonchev–Trinajstić information content (AvgIpc) is 2.26. The number of carbonyl (C=O) groups is 2. The lowest BCUT2D eigenvalue weighted by Crippen LogP contribution is -2.50. The van der Waals surface area contributed by atoms with Crippen LogP contribution in [0.2, 0.25) is 0 Å². The summed E-state index contributed by atoms with van der Waals surface area (Å²) in [6, 6.07) is -0.269. The quantitative estimate of drug-likeness (QED) is 0.729. The van der Waals surface area contributed by atoms with E-state index in [-0.39, 0.29) is 23.3 Å². The average molecular weight is 226 g/mol. The van der Waals surface area contributed by atoms with Gasteiger partial charge in [0.15, 0.2) is 0 Å². The number of rotatable bonds is 1. The molecule has 4 heteroatoms. The van der Waals surface area contributed by atoms with E-state index in [1.54, 1.807) is 6.92 Å². The van der Waals surface area contributed by atoms with Crippen LogP contribution < -0.4 is 5.32 Å². The fourth-order valence-electron chi connectivity index (χ4n) is 1.81. The molecule has 2 amide bonds. The molecule has 2 unspecified atom stereocenters. The Morgan fingerprint density at radius 3 is 2.44 bits per heavy atom. The summed E-state index contributed by atoms with van der Waals surface area (Å²) in [5, 5.41) is 2.70. The Bertz CT molecular complexity index is 294. The molecule has 0 spiro atoms. The second-order valence-corrected chi connectivity index (χ2v) is 5.61. The highest BCUT2D eigenvalue weighted by Crippen LogP contribution is 2.25. The summed E-state index contributed by atoms with van der Waals surface area (Å²) in [6.07, 6.45) is 0.399. The molecule has 1 fully saturated rings. The molecular weight excluding hydrogens is 204 g/mol. The predicted molar refractivity (Wildman–Crippen MR) is 62.9 cm³/mol. The predicted octanol–water partition coefficient (Wildman–Crippen LogP) is 1.16. The van der Waals surface area contributed by atoms with Crippen LogP contribution in [0.4, 0.5) is 0 Å². The molecule has 4 nitrogen and oxygen atoms in total. The Kier molecular flexibility index (Phi) is 3.61. The van der Waals surface area contributed by atoms with Crippen molar-refractivity contribution < 1.29 is 9.59 Å². The number of amides is 2. The van der Waals surface area contributed by atoms with Gasteiger partial charge in [-0.25, -0.2) is 0 Å². The van der Waals surface area contributed by atoms with Gasteiger partial charge in [0.2, 0.25) is 11.8 Å². The van der Waals surface area contributed by atoms with E-state index in [2.05, 4.69) is 26.1 Å². The minimum Gasteiger partial charge on any atom is -0.345 e. The first kappa shape index (κ1) is 13.0. The minimum absolute atomic E-state index is 0.0216. The lowest BCUT2D eigenvalue weighted by molar-refractivity contribution is -0.136. The zero-order chi connectivity index (χ0) is 12.5. The zero-order valence-electron chi connectivity index (χ0n) is 10.8. The molecule has 1 saturated heterocycles. The number of carbonyl (C=O) groups excluding carboxylic acids is 2. The van der Waals surface area contributed by atoms with Crippen LogP contribution in [-0.4, -0.2) is 35.3 Å². The first-order valence-corrected chi connectivity index (χ1v) is 5.83. The molecule has 2 atom stereocenters. The molecule has 0 radical (unpaired) electrons. The van der Waals surface area contributed by atoms with E-state index in [1.165, 1.54) is 0 Å². The van der Waals surface area contributed by atoms with Crippen molar-refractivity contribution in [2.45, 2.75) is 53.1 Å². The molecule has 1 aliphatic heterocycles. The van der Waals surface area contributed by atoms with Gasteiger partial charge >= 0.3 is 0 Å². The van der Waals surface area contributed by atoms with E-state index in [9.17, 15) is 9.59 Å². The summed E-state index contributed by atoms with van der Waals surface area (Å²) >= 11 is 0. The molecule has 0 bridgehead atoms. The standard InChI is InChI=1S/C12H22N2O2/c1-8-11(16)14(7-6-10(15)13-8)9(2)12(3,4)5/h8-9H,6-7H2,1-5H3,(H,13,15). The number of nitrogens with zero attached hydrogens (tertiary/aromatic N) is 1.